The van der Waals surface area contributed by atoms with E-state index in [-0.39, 0.29) is 17.9 Å². The Morgan fingerprint density at radius 2 is 1.74 bits per heavy atom. The second-order valence-electron chi connectivity index (χ2n) is 14.3. The molecule has 2 aliphatic rings. The van der Waals surface area contributed by atoms with Gasteiger partial charge in [0.05, 0.1) is 0 Å². The molecule has 1 aliphatic carbocycles. The first-order valence-corrected chi connectivity index (χ1v) is 17.8. The quantitative estimate of drug-likeness (QED) is 0.139. The molecular formula is C41H55F2N5O2. The van der Waals surface area contributed by atoms with Gasteiger partial charge < -0.3 is 25.8 Å². The molecule has 3 aromatic rings. The SMILES string of the molecule is C=C(/C=C/CC1(N)CCC1)N(C)[C@@H](C)Cc1ccc2ccccc2c1.CN(C=O)C(Cc1ccc(F)c(F)c1)C(=O)NCCC1CCCN1C. The number of carbonyl (C=O) groups is 2. The van der Waals surface area contributed by atoms with Gasteiger partial charge in [-0.3, -0.25) is 9.59 Å². The van der Waals surface area contributed by atoms with E-state index in [4.69, 9.17) is 5.73 Å². The lowest BCUT2D eigenvalue weighted by atomic mass is 9.75. The summed E-state index contributed by atoms with van der Waals surface area (Å²) >= 11 is 0. The number of nitrogens with zero attached hydrogens (tertiary/aromatic N) is 3. The maximum absolute atomic E-state index is 13.4. The van der Waals surface area contributed by atoms with Crippen LogP contribution in [-0.2, 0) is 22.4 Å². The fourth-order valence-electron chi connectivity index (χ4n) is 6.72. The van der Waals surface area contributed by atoms with Crippen molar-refractivity contribution in [3.05, 3.63) is 108 Å². The molecule has 2 unspecified atom stereocenters. The molecule has 0 spiro atoms. The molecule has 1 heterocycles. The van der Waals surface area contributed by atoms with Crippen LogP contribution in [0.2, 0.25) is 0 Å². The minimum atomic E-state index is -0.963. The van der Waals surface area contributed by atoms with Crippen LogP contribution in [-0.4, -0.2) is 84.9 Å². The molecule has 3 aromatic carbocycles. The highest BCUT2D eigenvalue weighted by Crippen LogP contribution is 2.32. The summed E-state index contributed by atoms with van der Waals surface area (Å²) in [4.78, 5) is 29.3. The molecule has 0 radical (unpaired) electrons. The average molecular weight is 688 g/mol. The van der Waals surface area contributed by atoms with Crippen molar-refractivity contribution in [1.82, 2.24) is 20.0 Å². The average Bonchev–Trinajstić information content (AvgIpc) is 3.51. The van der Waals surface area contributed by atoms with Crippen LogP contribution < -0.4 is 11.1 Å². The van der Waals surface area contributed by atoms with E-state index in [2.05, 4.69) is 97.3 Å². The summed E-state index contributed by atoms with van der Waals surface area (Å²) in [5.41, 5.74) is 9.21. The molecule has 1 aliphatic heterocycles. The number of benzene rings is 3. The van der Waals surface area contributed by atoms with Crippen LogP contribution in [0.25, 0.3) is 10.8 Å². The van der Waals surface area contributed by atoms with Crippen molar-refractivity contribution in [1.29, 1.82) is 0 Å². The van der Waals surface area contributed by atoms with Gasteiger partial charge >= 0.3 is 0 Å². The Bertz CT molecular complexity index is 1620. The molecule has 1 saturated heterocycles. The van der Waals surface area contributed by atoms with Crippen molar-refractivity contribution in [3.8, 4) is 0 Å². The van der Waals surface area contributed by atoms with E-state index in [1.165, 1.54) is 47.2 Å². The Morgan fingerprint density at radius 3 is 2.38 bits per heavy atom. The van der Waals surface area contributed by atoms with Crippen molar-refractivity contribution in [2.24, 2.45) is 5.73 Å². The lowest BCUT2D eigenvalue weighted by molar-refractivity contribution is -0.131. The van der Waals surface area contributed by atoms with Crippen molar-refractivity contribution < 1.29 is 18.4 Å². The Kier molecular flexibility index (Phi) is 14.1. The van der Waals surface area contributed by atoms with Crippen molar-refractivity contribution >= 4 is 23.1 Å². The van der Waals surface area contributed by atoms with Crippen LogP contribution in [0.1, 0.15) is 63.0 Å². The number of likely N-dealkylation sites (tertiary alicyclic amines) is 1. The Hall–Kier alpha value is -4.08. The van der Waals surface area contributed by atoms with Gasteiger partial charge in [0.15, 0.2) is 11.6 Å². The maximum Gasteiger partial charge on any atom is 0.243 e. The summed E-state index contributed by atoms with van der Waals surface area (Å²) in [6.07, 6.45) is 13.7. The third kappa shape index (κ3) is 11.0. The van der Waals surface area contributed by atoms with Crippen LogP contribution in [0.15, 0.2) is 85.1 Å². The van der Waals surface area contributed by atoms with E-state index in [1.807, 2.05) is 0 Å². The number of hydrogen-bond donors (Lipinski definition) is 2. The third-order valence-electron chi connectivity index (χ3n) is 10.5. The molecule has 9 heteroatoms. The van der Waals surface area contributed by atoms with Crippen LogP contribution in [0.4, 0.5) is 8.78 Å². The van der Waals surface area contributed by atoms with E-state index >= 15 is 0 Å². The van der Waals surface area contributed by atoms with E-state index in [0.29, 0.717) is 30.6 Å². The van der Waals surface area contributed by atoms with Crippen molar-refractivity contribution in [2.45, 2.75) is 88.4 Å². The zero-order chi connectivity index (χ0) is 36.3. The largest absolute Gasteiger partial charge is 0.372 e. The van der Waals surface area contributed by atoms with E-state index in [9.17, 15) is 18.4 Å². The Morgan fingerprint density at radius 1 is 1.04 bits per heavy atom. The number of fused-ring (bicyclic) bond motifs is 1. The zero-order valence-electron chi connectivity index (χ0n) is 30.2. The normalized spacial score (nSPS) is 18.1. The van der Waals surface area contributed by atoms with Gasteiger partial charge in [0.2, 0.25) is 12.3 Å². The van der Waals surface area contributed by atoms with Gasteiger partial charge in [-0.2, -0.15) is 0 Å². The molecule has 5 rings (SSSR count). The van der Waals surface area contributed by atoms with Crippen LogP contribution >= 0.6 is 0 Å². The summed E-state index contributed by atoms with van der Waals surface area (Å²) in [6, 6.07) is 18.9. The Labute approximate surface area is 297 Å². The predicted molar refractivity (Wildman–Crippen MR) is 199 cm³/mol. The number of allylic oxidation sites excluding steroid dienone is 1. The summed E-state index contributed by atoms with van der Waals surface area (Å²) < 4.78 is 26.4. The summed E-state index contributed by atoms with van der Waals surface area (Å²) in [6.45, 7) is 8.08. The number of halogens is 2. The first-order chi connectivity index (χ1) is 23.9. The van der Waals surface area contributed by atoms with Crippen LogP contribution in [0.3, 0.4) is 0 Å². The van der Waals surface area contributed by atoms with Gasteiger partial charge in [-0.05, 0) is 112 Å². The molecule has 1 saturated carbocycles. The van der Waals surface area contributed by atoms with Crippen LogP contribution in [0.5, 0.6) is 0 Å². The number of carbonyl (C=O) groups excluding carboxylic acids is 2. The molecule has 270 valence electrons. The highest BCUT2D eigenvalue weighted by atomic mass is 19.2. The molecule has 2 fully saturated rings. The first kappa shape index (κ1) is 38.7. The number of hydrogen-bond acceptors (Lipinski definition) is 5. The van der Waals surface area contributed by atoms with Gasteiger partial charge in [0, 0.05) is 50.4 Å². The van der Waals surface area contributed by atoms with Gasteiger partial charge in [-0.15, -0.1) is 0 Å². The molecule has 50 heavy (non-hydrogen) atoms. The van der Waals surface area contributed by atoms with Gasteiger partial charge in [-0.1, -0.05) is 61.2 Å². The summed E-state index contributed by atoms with van der Waals surface area (Å²) in [7, 11) is 5.70. The molecule has 0 bridgehead atoms. The van der Waals surface area contributed by atoms with Gasteiger partial charge in [-0.25, -0.2) is 8.78 Å². The molecule has 0 aromatic heterocycles. The number of nitrogens with one attached hydrogen (secondary N) is 1. The highest BCUT2D eigenvalue weighted by molar-refractivity contribution is 5.84. The van der Waals surface area contributed by atoms with Gasteiger partial charge in [0.25, 0.3) is 0 Å². The maximum atomic E-state index is 13.4. The monoisotopic (exact) mass is 687 g/mol. The van der Waals surface area contributed by atoms with Gasteiger partial charge in [0.1, 0.15) is 6.04 Å². The molecule has 7 nitrogen and oxygen atoms in total. The second kappa shape index (κ2) is 18.2. The number of nitrogens with two attached hydrogens (primary N) is 1. The smallest absolute Gasteiger partial charge is 0.243 e. The first-order valence-electron chi connectivity index (χ1n) is 17.8. The minimum Gasteiger partial charge on any atom is -0.372 e. The second-order valence-corrected chi connectivity index (χ2v) is 14.3. The highest BCUT2D eigenvalue weighted by Gasteiger charge is 2.31. The molecule has 2 amide bonds. The summed E-state index contributed by atoms with van der Waals surface area (Å²) in [5.74, 6) is -2.19. The van der Waals surface area contributed by atoms with E-state index in [0.717, 1.165) is 62.9 Å². The standard InChI is InChI=1S/C23H30N2.C18H25F2N3O2/c1-18(8-6-13-23(24)14-7-15-23)25(3)19(2)16-20-11-12-21-9-4-5-10-22(21)17-20;1-22-9-3-4-14(22)7-8-21-18(25)17(23(2)12-24)11-13-5-6-15(19)16(20)10-13/h4-6,8-12,17,19H,1,7,13-16,24H2,2-3H3;5-6,10,12,14,17H,3-4,7-9,11H2,1-2H3,(H,21,25)/b8-6+;/t19-;/m0./s1. The summed E-state index contributed by atoms with van der Waals surface area (Å²) in [5, 5.41) is 5.46. The van der Waals surface area contributed by atoms with E-state index < -0.39 is 17.7 Å². The Balaban J connectivity index is 0.000000225. The van der Waals surface area contributed by atoms with Crippen molar-refractivity contribution in [3.63, 3.8) is 0 Å². The fraction of sp³-hybridized carbons (Fsp3) is 0.463. The van der Waals surface area contributed by atoms with Crippen molar-refractivity contribution in [2.75, 3.05) is 34.2 Å². The number of rotatable bonds is 15. The number of likely N-dealkylation sites (N-methyl/N-ethyl adjacent to an activating group) is 2. The zero-order valence-corrected chi connectivity index (χ0v) is 30.2. The molecule has 3 N–H and O–H groups in total. The minimum absolute atomic E-state index is 0.0477. The lowest BCUT2D eigenvalue weighted by Crippen LogP contribution is -2.46. The predicted octanol–water partition coefficient (Wildman–Crippen LogP) is 6.61. The third-order valence-corrected chi connectivity index (χ3v) is 10.5. The number of amides is 2. The fourth-order valence-corrected chi connectivity index (χ4v) is 6.72. The van der Waals surface area contributed by atoms with E-state index in [1.54, 1.807) is 0 Å². The molecule has 3 atom stereocenters. The molecular weight excluding hydrogens is 632 g/mol. The lowest BCUT2D eigenvalue weighted by Gasteiger charge is -2.37. The topological polar surface area (TPSA) is 81.9 Å². The van der Waals surface area contributed by atoms with Crippen LogP contribution in [0, 0.1) is 11.6 Å².